The number of carbonyl (C=O) groups is 1. The maximum absolute atomic E-state index is 12.4. The number of hydrogen-bond donors (Lipinski definition) is 1. The summed E-state index contributed by atoms with van der Waals surface area (Å²) in [5, 5.41) is 16.5. The molecule has 1 N–H and O–H groups in total. The Bertz CT molecular complexity index is 988. The quantitative estimate of drug-likeness (QED) is 0.721. The van der Waals surface area contributed by atoms with E-state index in [9.17, 15) is 4.79 Å². The number of hydrogen-bond acceptors (Lipinski definition) is 5. The molecule has 1 aliphatic heterocycles. The largest absolute Gasteiger partial charge is 0.355 e. The number of amides is 1. The zero-order valence-electron chi connectivity index (χ0n) is 17.3. The highest BCUT2D eigenvalue weighted by Gasteiger charge is 2.26. The van der Waals surface area contributed by atoms with Gasteiger partial charge in [-0.1, -0.05) is 36.8 Å². The van der Waals surface area contributed by atoms with Gasteiger partial charge in [-0.15, -0.1) is 15.3 Å². The normalized spacial score (nSPS) is 16.2. The van der Waals surface area contributed by atoms with Gasteiger partial charge in [0, 0.05) is 30.6 Å². The summed E-state index contributed by atoms with van der Waals surface area (Å²) in [6, 6.07) is 12.4. The van der Waals surface area contributed by atoms with Crippen molar-refractivity contribution in [3.05, 3.63) is 42.0 Å². The van der Waals surface area contributed by atoms with Crippen molar-refractivity contribution in [2.75, 3.05) is 18.0 Å². The lowest BCUT2D eigenvalue weighted by Gasteiger charge is -2.32. The minimum Gasteiger partial charge on any atom is -0.355 e. The minimum atomic E-state index is 0.0852. The first-order valence-electron chi connectivity index (χ1n) is 10.4. The van der Waals surface area contributed by atoms with Gasteiger partial charge in [0.05, 0.1) is 0 Å². The van der Waals surface area contributed by atoms with Crippen LogP contribution in [0, 0.1) is 12.8 Å². The molecular weight excluding hydrogens is 364 g/mol. The number of piperidine rings is 1. The summed E-state index contributed by atoms with van der Waals surface area (Å²) in [5.41, 5.74) is 2.93. The van der Waals surface area contributed by atoms with E-state index < -0.39 is 0 Å². The highest BCUT2D eigenvalue weighted by molar-refractivity contribution is 5.79. The molecule has 0 spiro atoms. The van der Waals surface area contributed by atoms with Crippen molar-refractivity contribution in [1.82, 2.24) is 25.1 Å². The smallest absolute Gasteiger partial charge is 0.223 e. The second-order valence-electron chi connectivity index (χ2n) is 7.93. The first-order valence-corrected chi connectivity index (χ1v) is 10.4. The highest BCUT2D eigenvalue weighted by atomic mass is 16.1. The maximum Gasteiger partial charge on any atom is 0.223 e. The van der Waals surface area contributed by atoms with Crippen LogP contribution < -0.4 is 10.2 Å². The lowest BCUT2D eigenvalue weighted by molar-refractivity contribution is -0.126. The molecule has 1 amide bonds. The van der Waals surface area contributed by atoms with Crippen molar-refractivity contribution in [3.8, 4) is 11.4 Å². The first kappa shape index (κ1) is 19.4. The van der Waals surface area contributed by atoms with Crippen LogP contribution in [0.25, 0.3) is 17.0 Å². The van der Waals surface area contributed by atoms with Crippen LogP contribution >= 0.6 is 0 Å². The molecule has 1 aromatic carbocycles. The third-order valence-electron chi connectivity index (χ3n) is 5.75. The van der Waals surface area contributed by atoms with Gasteiger partial charge in [0.15, 0.2) is 11.5 Å². The van der Waals surface area contributed by atoms with Crippen LogP contribution in [0.4, 0.5) is 5.82 Å². The average Bonchev–Trinajstić information content (AvgIpc) is 3.17. The Morgan fingerprint density at radius 3 is 2.55 bits per heavy atom. The lowest BCUT2D eigenvalue weighted by atomic mass is 9.95. The van der Waals surface area contributed by atoms with Gasteiger partial charge >= 0.3 is 0 Å². The number of rotatable bonds is 5. The molecule has 2 aromatic heterocycles. The van der Waals surface area contributed by atoms with E-state index in [4.69, 9.17) is 5.10 Å². The molecule has 1 atom stereocenters. The summed E-state index contributed by atoms with van der Waals surface area (Å²) in [7, 11) is 0. The molecule has 1 fully saturated rings. The summed E-state index contributed by atoms with van der Waals surface area (Å²) in [6.07, 6.45) is 2.64. The van der Waals surface area contributed by atoms with E-state index in [1.54, 1.807) is 0 Å². The van der Waals surface area contributed by atoms with Crippen molar-refractivity contribution < 1.29 is 4.79 Å². The van der Waals surface area contributed by atoms with Crippen LogP contribution in [-0.4, -0.2) is 44.8 Å². The van der Waals surface area contributed by atoms with Gasteiger partial charge in [0.25, 0.3) is 0 Å². The fraction of sp³-hybridized carbons (Fsp3) is 0.455. The molecule has 0 bridgehead atoms. The molecule has 152 valence electrons. The first-order chi connectivity index (χ1) is 14.0. The van der Waals surface area contributed by atoms with Crippen molar-refractivity contribution in [2.45, 2.75) is 46.1 Å². The van der Waals surface area contributed by atoms with Crippen LogP contribution in [0.5, 0.6) is 0 Å². The molecule has 0 aliphatic carbocycles. The number of benzene rings is 1. The van der Waals surface area contributed by atoms with E-state index in [2.05, 4.69) is 53.3 Å². The second kappa shape index (κ2) is 8.19. The van der Waals surface area contributed by atoms with Crippen LogP contribution in [0.1, 0.15) is 38.7 Å². The second-order valence-corrected chi connectivity index (χ2v) is 7.93. The number of nitrogens with zero attached hydrogens (tertiary/aromatic N) is 5. The van der Waals surface area contributed by atoms with Gasteiger partial charge in [0.2, 0.25) is 5.91 Å². The molecule has 0 unspecified atom stereocenters. The van der Waals surface area contributed by atoms with Crippen LogP contribution in [0.15, 0.2) is 36.4 Å². The maximum atomic E-state index is 12.4. The molecule has 7 nitrogen and oxygen atoms in total. The number of aromatic nitrogens is 4. The summed E-state index contributed by atoms with van der Waals surface area (Å²) in [6.45, 7) is 7.84. The van der Waals surface area contributed by atoms with Gasteiger partial charge in [-0.05, 0) is 45.2 Å². The Labute approximate surface area is 171 Å². The molecule has 7 heteroatoms. The number of nitrogens with one attached hydrogen (secondary N) is 1. The Morgan fingerprint density at radius 2 is 1.86 bits per heavy atom. The van der Waals surface area contributed by atoms with E-state index in [-0.39, 0.29) is 17.9 Å². The zero-order chi connectivity index (χ0) is 20.4. The fourth-order valence-electron chi connectivity index (χ4n) is 3.66. The molecule has 0 saturated carbocycles. The van der Waals surface area contributed by atoms with Crippen molar-refractivity contribution in [3.63, 3.8) is 0 Å². The minimum absolute atomic E-state index is 0.0852. The summed E-state index contributed by atoms with van der Waals surface area (Å²) in [4.78, 5) is 14.7. The number of aryl methyl sites for hydroxylation is 1. The molecule has 0 radical (unpaired) electrons. The molecular formula is C22H28N6O. The van der Waals surface area contributed by atoms with Gasteiger partial charge in [-0.3, -0.25) is 4.79 Å². The van der Waals surface area contributed by atoms with Gasteiger partial charge in [-0.25, -0.2) is 0 Å². The zero-order valence-corrected chi connectivity index (χ0v) is 17.3. The van der Waals surface area contributed by atoms with Crippen LogP contribution in [0.3, 0.4) is 0 Å². The Kier molecular flexibility index (Phi) is 5.47. The summed E-state index contributed by atoms with van der Waals surface area (Å²) < 4.78 is 1.81. The summed E-state index contributed by atoms with van der Waals surface area (Å²) >= 11 is 0. The third kappa shape index (κ3) is 4.09. The molecule has 29 heavy (non-hydrogen) atoms. The Morgan fingerprint density at radius 1 is 1.14 bits per heavy atom. The highest BCUT2D eigenvalue weighted by Crippen LogP contribution is 2.24. The fourth-order valence-corrected chi connectivity index (χ4v) is 3.66. The summed E-state index contributed by atoms with van der Waals surface area (Å²) in [5.74, 6) is 1.90. The molecule has 1 aliphatic rings. The van der Waals surface area contributed by atoms with Crippen LogP contribution in [0.2, 0.25) is 0 Å². The van der Waals surface area contributed by atoms with Crippen LogP contribution in [-0.2, 0) is 4.79 Å². The van der Waals surface area contributed by atoms with E-state index >= 15 is 0 Å². The molecule has 3 heterocycles. The average molecular weight is 393 g/mol. The van der Waals surface area contributed by atoms with Gasteiger partial charge < -0.3 is 10.2 Å². The monoisotopic (exact) mass is 392 g/mol. The predicted octanol–water partition coefficient (Wildman–Crippen LogP) is 3.23. The Hall–Kier alpha value is -2.96. The number of carbonyl (C=O) groups excluding carboxylic acids is 1. The Balaban J connectivity index is 1.50. The van der Waals surface area contributed by atoms with Crippen molar-refractivity contribution >= 4 is 17.4 Å². The standard InChI is InChI=1S/C22H28N6O/c1-4-16(3)23-22(29)18-11-13-27(14-12-18)20-10-9-19-24-25-21(28(19)26-20)17-7-5-15(2)6-8-17/h5-10,16,18H,4,11-14H2,1-3H3,(H,23,29)/t16-/m1/s1. The van der Waals surface area contributed by atoms with Crippen molar-refractivity contribution in [2.24, 2.45) is 5.92 Å². The van der Waals surface area contributed by atoms with E-state index in [0.717, 1.165) is 55.2 Å². The third-order valence-corrected chi connectivity index (χ3v) is 5.75. The van der Waals surface area contributed by atoms with Crippen molar-refractivity contribution in [1.29, 1.82) is 0 Å². The van der Waals surface area contributed by atoms with E-state index in [1.165, 1.54) is 5.56 Å². The molecule has 3 aromatic rings. The lowest BCUT2D eigenvalue weighted by Crippen LogP contribution is -2.43. The SMILES string of the molecule is CC[C@@H](C)NC(=O)C1CCN(c2ccc3nnc(-c4ccc(C)cc4)n3n2)CC1. The number of fused-ring (bicyclic) bond motifs is 1. The van der Waals surface area contributed by atoms with Gasteiger partial charge in [0.1, 0.15) is 5.82 Å². The van der Waals surface area contributed by atoms with Gasteiger partial charge in [-0.2, -0.15) is 4.52 Å². The topological polar surface area (TPSA) is 75.4 Å². The van der Waals surface area contributed by atoms with E-state index in [1.807, 2.05) is 28.8 Å². The molecule has 4 rings (SSSR count). The van der Waals surface area contributed by atoms with E-state index in [0.29, 0.717) is 0 Å². The molecule has 1 saturated heterocycles. The number of anilines is 1. The predicted molar refractivity (Wildman–Crippen MR) is 114 cm³/mol.